The van der Waals surface area contributed by atoms with Crippen LogP contribution < -0.4 is 0 Å². The van der Waals surface area contributed by atoms with E-state index in [-0.39, 0.29) is 158 Å². The number of benzene rings is 13. The molecule has 13 aromatic carbocycles. The fourth-order valence-corrected chi connectivity index (χ4v) is 16.7. The Hall–Kier alpha value is -14.1. The van der Waals surface area contributed by atoms with Crippen molar-refractivity contribution in [3.63, 3.8) is 0 Å². The first-order chi connectivity index (χ1) is 69.2. The Balaban J connectivity index is 0.000000230. The minimum atomic E-state index is -0.125. The number of ketones is 4. The van der Waals surface area contributed by atoms with E-state index in [1.165, 1.54) is 184 Å². The van der Waals surface area contributed by atoms with Gasteiger partial charge in [-0.25, -0.2) is 0 Å². The smallest absolute Gasteiger partial charge is 0.155 e. The summed E-state index contributed by atoms with van der Waals surface area (Å²) in [6.07, 6.45) is 12.1. The van der Waals surface area contributed by atoms with Crippen molar-refractivity contribution < 1.29 is 140 Å². The molecule has 19 heteroatoms. The molecule has 2 aliphatic rings. The average Bonchev–Trinajstić information content (AvgIpc) is 1.58. The van der Waals surface area contributed by atoms with E-state index in [0.717, 1.165) is 84.1 Å². The number of allylic oxidation sites excluding steroid dienone is 8. The van der Waals surface area contributed by atoms with Crippen molar-refractivity contribution in [1.82, 2.24) is 29.9 Å². The monoisotopic (exact) mass is 2850 g/mol. The topological polar surface area (TPSA) is 227 Å². The molecule has 6 heterocycles. The van der Waals surface area contributed by atoms with Crippen molar-refractivity contribution in [3.8, 4) is 101 Å². The van der Waals surface area contributed by atoms with Gasteiger partial charge >= 0.3 is 0 Å². The average molecular weight is 2850 g/mol. The standard InChI is InChI=1S/C24H18N.C23H18N.C20H16N.C17H14N.C15H10N.C11H8N.4C5H8O2.5Ir/c1-24(2)21-10-6-5-9-19(21)20-12-11-17(13-22(20)24)23-14-16-7-3-4-8-18(16)15-25-23;1-16-12-13-19(14-17(16)2)23-15-21(18-8-4-3-5-9-18)20-10-6-7-11-22(20)24-23;1-20(2)17-8-4-3-7-15(17)16-11-10-14(13-18(16)20)19-9-5-6-12-21-19;1-12-9-13(2)11-15(10-12)17-8-7-14-5-3-4-6-16(14)18-17;1-2-7-13(8-3-1)15-14-9-5-4-6-12(14)10-11-16-15;1-2-6-10(7-3-1)11-8-4-5-9-12-11;4*1-4(6)3-5(2)7;;;;;/h3-10,12-15H,1-2H3;3-13,15H,1-2H3;3-9,11-13H,1-2H3;3-10H,1-2H3;1-7,9-11H;1-6,8-9H;4*3,6H,1-2H3;;;;;/q6*-1;;;;;;;;;. The van der Waals surface area contributed by atoms with Gasteiger partial charge in [-0.05, 0) is 180 Å². The van der Waals surface area contributed by atoms with E-state index < -0.39 is 0 Å². The molecule has 19 aromatic rings. The summed E-state index contributed by atoms with van der Waals surface area (Å²) in [4.78, 5) is 67.4. The molecule has 149 heavy (non-hydrogen) atoms. The molecule has 0 aliphatic heterocycles. The molecule has 0 unspecified atom stereocenters. The minimum Gasteiger partial charge on any atom is -0.512 e. The summed E-state index contributed by atoms with van der Waals surface area (Å²) in [7, 11) is 0. The largest absolute Gasteiger partial charge is 0.512 e. The van der Waals surface area contributed by atoms with Gasteiger partial charge in [0.05, 0.1) is 34.1 Å². The van der Waals surface area contributed by atoms with Crippen LogP contribution in [0, 0.1) is 64.1 Å². The number of aromatic nitrogens is 6. The van der Waals surface area contributed by atoms with E-state index in [4.69, 9.17) is 30.4 Å². The van der Waals surface area contributed by atoms with Crippen LogP contribution in [0.4, 0.5) is 0 Å². The number of aliphatic hydroxyl groups is 4. The van der Waals surface area contributed by atoms with Gasteiger partial charge < -0.3 is 40.4 Å². The number of aryl methyl sites for hydroxylation is 4. The van der Waals surface area contributed by atoms with Crippen LogP contribution >= 0.6 is 0 Å². The summed E-state index contributed by atoms with van der Waals surface area (Å²) in [6, 6.07) is 136. The number of carbonyl (C=O) groups is 4. The first kappa shape index (κ1) is 122. The van der Waals surface area contributed by atoms with Crippen molar-refractivity contribution >= 4 is 66.5 Å². The van der Waals surface area contributed by atoms with Crippen LogP contribution in [-0.4, -0.2) is 73.5 Å². The zero-order valence-electron chi connectivity index (χ0n) is 85.7. The fraction of sp³-hybridized carbons (Fsp3) is 0.138. The van der Waals surface area contributed by atoms with Gasteiger partial charge in [-0.2, -0.15) is 0 Å². The summed E-state index contributed by atoms with van der Waals surface area (Å²) in [5.74, 6) is -0.250. The third-order valence-corrected chi connectivity index (χ3v) is 23.3. The number of carbonyl (C=O) groups excluding carboxylic acids is 4. The molecule has 4 N–H and O–H groups in total. The number of pyridine rings is 6. The van der Waals surface area contributed by atoms with Gasteiger partial charge in [0.2, 0.25) is 0 Å². The van der Waals surface area contributed by atoms with E-state index in [0.29, 0.717) is 0 Å². The molecule has 0 bridgehead atoms. The maximum Gasteiger partial charge on any atom is 0.155 e. The first-order valence-electron chi connectivity index (χ1n) is 47.3. The Morgan fingerprint density at radius 1 is 0.295 bits per heavy atom. The van der Waals surface area contributed by atoms with Gasteiger partial charge in [0.1, 0.15) is 0 Å². The summed E-state index contributed by atoms with van der Waals surface area (Å²) < 4.78 is 0. The minimum absolute atomic E-state index is 0. The number of hydrogen-bond acceptors (Lipinski definition) is 14. The second-order valence-electron chi connectivity index (χ2n) is 35.8. The summed E-state index contributed by atoms with van der Waals surface area (Å²) >= 11 is 0. The van der Waals surface area contributed by atoms with Crippen molar-refractivity contribution in [2.45, 2.75) is 122 Å². The third kappa shape index (κ3) is 34.7. The predicted molar refractivity (Wildman–Crippen MR) is 589 cm³/mol. The molecule has 0 saturated heterocycles. The first-order valence-corrected chi connectivity index (χ1v) is 47.3. The van der Waals surface area contributed by atoms with Crippen molar-refractivity contribution in [1.29, 1.82) is 0 Å². The number of fused-ring (bicyclic) bond motifs is 10. The Morgan fingerprint density at radius 3 is 1.24 bits per heavy atom. The molecule has 2 aliphatic carbocycles. The SMILES string of the molecule is CC(=O)C=C(C)O.CC(=O)C=C(C)O.CC(=O)C=C(C)O.CC(=O)C=C(C)O.CC1(C)c2ccccc2-c2c[c-]c(-c3cc4ccccc4cn3)cc21.CC1(C)c2ccccc2-c2c[c-]c(-c3ccccn3)cc21.Cc1[c-]c(-c2cc(-c3ccccc3)c3ccccc3n2)ccc1C.Cc1[c-]c(-c2ccc3ccccc3n2)cc(C)c1.[Ir].[Ir].[Ir].[Ir].[Ir].[c-]1ccccc1-c1ccccn1.[c-]1ccccc1-c1nccc2ccccc12. The van der Waals surface area contributed by atoms with Crippen molar-refractivity contribution in [2.75, 3.05) is 0 Å². The van der Waals surface area contributed by atoms with Crippen LogP contribution in [0.15, 0.2) is 412 Å². The van der Waals surface area contributed by atoms with Gasteiger partial charge in [-0.15, -0.1) is 200 Å². The van der Waals surface area contributed by atoms with E-state index >= 15 is 0 Å². The van der Waals surface area contributed by atoms with Crippen LogP contribution in [-0.2, 0) is 131 Å². The van der Waals surface area contributed by atoms with Gasteiger partial charge in [0.25, 0.3) is 0 Å². The molecule has 5 radical (unpaired) electrons. The molecule has 14 nitrogen and oxygen atoms in total. The van der Waals surface area contributed by atoms with E-state index in [1.54, 1.807) is 6.20 Å². The van der Waals surface area contributed by atoms with Crippen LogP contribution in [0.5, 0.6) is 0 Å². The molecule has 0 atom stereocenters. The molecule has 0 amide bonds. The van der Waals surface area contributed by atoms with Crippen molar-refractivity contribution in [2.24, 2.45) is 0 Å². The summed E-state index contributed by atoms with van der Waals surface area (Å²) in [6.45, 7) is 29.0. The molecular weight excluding hydrogens is 2730 g/mol. The number of para-hydroxylation sites is 2. The number of rotatable bonds is 11. The molecular formula is C130H116Ir5N6O8-6. The van der Waals surface area contributed by atoms with Crippen LogP contribution in [0.1, 0.15) is 128 Å². The summed E-state index contributed by atoms with van der Waals surface area (Å²) in [5.41, 5.74) is 32.3. The molecule has 765 valence electrons. The number of aliphatic hydroxyl groups excluding tert-OH is 4. The second kappa shape index (κ2) is 59.2. The van der Waals surface area contributed by atoms with E-state index in [9.17, 15) is 19.2 Å². The molecule has 0 spiro atoms. The van der Waals surface area contributed by atoms with Gasteiger partial charge in [-0.1, -0.05) is 290 Å². The Kier molecular flexibility index (Phi) is 48.4. The number of hydrogen-bond donors (Lipinski definition) is 4. The van der Waals surface area contributed by atoms with Crippen LogP contribution in [0.2, 0.25) is 0 Å². The molecule has 6 aromatic heterocycles. The zero-order valence-corrected chi connectivity index (χ0v) is 97.7. The Bertz CT molecular complexity index is 7670. The van der Waals surface area contributed by atoms with Crippen molar-refractivity contribution in [3.05, 3.63) is 493 Å². The predicted octanol–water partition coefficient (Wildman–Crippen LogP) is 31.6. The molecule has 0 saturated carbocycles. The zero-order chi connectivity index (χ0) is 103. The van der Waals surface area contributed by atoms with Crippen LogP contribution in [0.3, 0.4) is 0 Å². The maximum atomic E-state index is 10.0. The second-order valence-corrected chi connectivity index (χ2v) is 35.8. The molecule has 21 rings (SSSR count). The maximum absolute atomic E-state index is 10.0. The van der Waals surface area contributed by atoms with E-state index in [1.807, 2.05) is 158 Å². The third-order valence-electron chi connectivity index (χ3n) is 23.3. The van der Waals surface area contributed by atoms with Crippen LogP contribution in [0.25, 0.3) is 144 Å². The van der Waals surface area contributed by atoms with Gasteiger partial charge in [0.15, 0.2) is 23.1 Å². The quantitative estimate of drug-likeness (QED) is 0.0537. The normalized spacial score (nSPS) is 11.6. The molecule has 0 fully saturated rings. The Morgan fingerprint density at radius 2 is 0.745 bits per heavy atom. The van der Waals surface area contributed by atoms with Gasteiger partial charge in [-0.3, -0.25) is 29.1 Å². The Labute approximate surface area is 943 Å². The number of nitrogens with zero attached hydrogens (tertiary/aromatic N) is 6. The fourth-order valence-electron chi connectivity index (χ4n) is 16.7. The van der Waals surface area contributed by atoms with Gasteiger partial charge in [0, 0.05) is 155 Å². The van der Waals surface area contributed by atoms with E-state index in [2.05, 4.69) is 312 Å². The summed E-state index contributed by atoms with van der Waals surface area (Å²) in [5, 5.41) is 40.6.